The molecule has 0 saturated heterocycles. The second kappa shape index (κ2) is 7.23. The fraction of sp³-hybridized carbons (Fsp3) is 0.600. The Morgan fingerprint density at radius 3 is 2.23 bits per heavy atom. The van der Waals surface area contributed by atoms with Crippen molar-refractivity contribution in [3.05, 3.63) is 30.3 Å². The Morgan fingerprint density at radius 2 is 1.77 bits per heavy atom. The van der Waals surface area contributed by atoms with E-state index in [1.165, 1.54) is 12.1 Å². The van der Waals surface area contributed by atoms with Gasteiger partial charge in [-0.15, -0.1) is 0 Å². The number of nitrogens with one attached hydrogen (secondary N) is 1. The van der Waals surface area contributed by atoms with Crippen molar-refractivity contribution in [2.24, 2.45) is 0 Å². The van der Waals surface area contributed by atoms with E-state index in [-0.39, 0.29) is 23.1 Å². The Morgan fingerprint density at radius 1 is 1.23 bits per heavy atom. The highest BCUT2D eigenvalue weighted by Crippen LogP contribution is 2.36. The summed E-state index contributed by atoms with van der Waals surface area (Å²) in [6.07, 6.45) is 0. The van der Waals surface area contributed by atoms with Crippen LogP contribution in [-0.4, -0.2) is 41.1 Å². The van der Waals surface area contributed by atoms with Gasteiger partial charge in [0.1, 0.15) is 0 Å². The monoisotopic (exact) mass is 345 g/mol. The van der Waals surface area contributed by atoms with Crippen molar-refractivity contribution in [1.82, 2.24) is 4.72 Å². The van der Waals surface area contributed by atoms with E-state index >= 15 is 0 Å². The highest BCUT2D eigenvalue weighted by molar-refractivity contribution is 7.89. The fourth-order valence-electron chi connectivity index (χ4n) is 1.54. The summed E-state index contributed by atoms with van der Waals surface area (Å²) >= 11 is 0. The number of hydrogen-bond acceptors (Lipinski definition) is 4. The van der Waals surface area contributed by atoms with Crippen LogP contribution >= 0.6 is 0 Å². The summed E-state index contributed by atoms with van der Waals surface area (Å²) in [4.78, 5) is 0.181. The maximum atomic E-state index is 12.3. The molecule has 0 bridgehead atoms. The Hall–Kier alpha value is -0.733. The van der Waals surface area contributed by atoms with Crippen LogP contribution in [0.25, 0.3) is 0 Å². The molecule has 5 nitrogen and oxygen atoms in total. The van der Waals surface area contributed by atoms with Crippen molar-refractivity contribution >= 4 is 18.3 Å². The van der Waals surface area contributed by atoms with Gasteiger partial charge in [0.2, 0.25) is 10.0 Å². The average Bonchev–Trinajstić information content (AvgIpc) is 2.43. The molecule has 0 amide bonds. The van der Waals surface area contributed by atoms with Gasteiger partial charge < -0.3 is 9.53 Å². The van der Waals surface area contributed by atoms with E-state index in [4.69, 9.17) is 4.43 Å². The predicted molar refractivity (Wildman–Crippen MR) is 90.8 cm³/mol. The largest absolute Gasteiger partial charge is 0.415 e. The van der Waals surface area contributed by atoms with Crippen LogP contribution in [0.2, 0.25) is 18.1 Å². The zero-order chi connectivity index (χ0) is 17.0. The van der Waals surface area contributed by atoms with Gasteiger partial charge in [-0.05, 0) is 30.3 Å². The van der Waals surface area contributed by atoms with Gasteiger partial charge in [0.05, 0.1) is 24.2 Å². The molecule has 0 aliphatic carbocycles. The van der Waals surface area contributed by atoms with Crippen LogP contribution in [0.5, 0.6) is 0 Å². The van der Waals surface area contributed by atoms with Crippen molar-refractivity contribution in [1.29, 1.82) is 0 Å². The lowest BCUT2D eigenvalue weighted by molar-refractivity contribution is 0.187. The highest BCUT2D eigenvalue weighted by atomic mass is 32.2. The van der Waals surface area contributed by atoms with Crippen LogP contribution < -0.4 is 4.72 Å². The Bertz CT molecular complexity index is 567. The summed E-state index contributed by atoms with van der Waals surface area (Å²) in [6.45, 7) is 10.4. The van der Waals surface area contributed by atoms with Crippen LogP contribution in [0.4, 0.5) is 0 Å². The molecular weight excluding hydrogens is 318 g/mol. The van der Waals surface area contributed by atoms with E-state index in [1.54, 1.807) is 18.2 Å². The maximum absolute atomic E-state index is 12.3. The lowest BCUT2D eigenvalue weighted by Gasteiger charge is -2.37. The summed E-state index contributed by atoms with van der Waals surface area (Å²) in [5.74, 6) is 0. The minimum atomic E-state index is -3.65. The van der Waals surface area contributed by atoms with E-state index in [0.29, 0.717) is 0 Å². The molecule has 0 aromatic heterocycles. The van der Waals surface area contributed by atoms with Gasteiger partial charge in [0.25, 0.3) is 0 Å². The molecule has 0 spiro atoms. The molecule has 0 aliphatic rings. The molecule has 22 heavy (non-hydrogen) atoms. The number of rotatable bonds is 7. The number of aliphatic hydroxyl groups is 1. The van der Waals surface area contributed by atoms with Crippen molar-refractivity contribution in [2.75, 3.05) is 13.2 Å². The van der Waals surface area contributed by atoms with Crippen molar-refractivity contribution in [2.45, 2.75) is 49.8 Å². The zero-order valence-corrected chi connectivity index (χ0v) is 15.8. The molecule has 0 radical (unpaired) electrons. The molecule has 0 aliphatic heterocycles. The molecule has 0 fully saturated rings. The van der Waals surface area contributed by atoms with E-state index in [9.17, 15) is 13.5 Å². The van der Waals surface area contributed by atoms with Crippen LogP contribution in [0.15, 0.2) is 35.2 Å². The predicted octanol–water partition coefficient (Wildman–Crippen LogP) is 2.35. The standard InChI is InChI=1S/C15H27NO4SSi/c1-15(2,3)22(4,5)20-12-13(11-17)16-21(18,19)14-9-7-6-8-10-14/h6-10,13,16-17H,11-12H2,1-5H3. The van der Waals surface area contributed by atoms with Gasteiger partial charge in [0.15, 0.2) is 8.32 Å². The first-order valence-electron chi connectivity index (χ1n) is 7.32. The molecule has 1 unspecified atom stereocenters. The number of hydrogen-bond donors (Lipinski definition) is 2. The third kappa shape index (κ3) is 5.17. The second-order valence-electron chi connectivity index (χ2n) is 6.89. The summed E-state index contributed by atoms with van der Waals surface area (Å²) in [7, 11) is -5.63. The number of sulfonamides is 1. The van der Waals surface area contributed by atoms with Gasteiger partial charge in [-0.3, -0.25) is 0 Å². The zero-order valence-electron chi connectivity index (χ0n) is 14.0. The van der Waals surface area contributed by atoms with Crippen LogP contribution in [-0.2, 0) is 14.4 Å². The molecule has 126 valence electrons. The van der Waals surface area contributed by atoms with Crippen molar-refractivity contribution < 1.29 is 18.0 Å². The molecule has 7 heteroatoms. The van der Waals surface area contributed by atoms with Gasteiger partial charge in [-0.25, -0.2) is 13.1 Å². The van der Waals surface area contributed by atoms with Crippen molar-refractivity contribution in [3.8, 4) is 0 Å². The van der Waals surface area contributed by atoms with E-state index in [0.717, 1.165) is 0 Å². The smallest absolute Gasteiger partial charge is 0.240 e. The molecule has 1 atom stereocenters. The third-order valence-corrected chi connectivity index (χ3v) is 10.1. The van der Waals surface area contributed by atoms with E-state index in [1.807, 2.05) is 0 Å². The summed E-state index contributed by atoms with van der Waals surface area (Å²) in [6, 6.07) is 7.46. The molecule has 0 saturated carbocycles. The minimum absolute atomic E-state index is 0.0330. The quantitative estimate of drug-likeness (QED) is 0.744. The molecule has 0 heterocycles. The Kier molecular flexibility index (Phi) is 6.34. The van der Waals surface area contributed by atoms with Gasteiger partial charge in [0, 0.05) is 0 Å². The molecule has 1 aromatic carbocycles. The normalized spacial score (nSPS) is 14.8. The summed E-state index contributed by atoms with van der Waals surface area (Å²) in [5.41, 5.74) is 0. The van der Waals surface area contributed by atoms with Crippen LogP contribution in [0.1, 0.15) is 20.8 Å². The summed E-state index contributed by atoms with van der Waals surface area (Å²) < 4.78 is 33.0. The van der Waals surface area contributed by atoms with Gasteiger partial charge in [-0.1, -0.05) is 39.0 Å². The number of aliphatic hydroxyl groups excluding tert-OH is 1. The lowest BCUT2D eigenvalue weighted by atomic mass is 10.2. The first-order chi connectivity index (χ1) is 9.99. The molecule has 1 aromatic rings. The molecule has 2 N–H and O–H groups in total. The average molecular weight is 346 g/mol. The molecular formula is C15H27NO4SSi. The van der Waals surface area contributed by atoms with E-state index < -0.39 is 24.4 Å². The topological polar surface area (TPSA) is 75.6 Å². The first-order valence-corrected chi connectivity index (χ1v) is 11.7. The third-order valence-electron chi connectivity index (χ3n) is 4.05. The van der Waals surface area contributed by atoms with Gasteiger partial charge in [-0.2, -0.15) is 0 Å². The SMILES string of the molecule is CC(C)(C)[Si](C)(C)OCC(CO)NS(=O)(=O)c1ccccc1. The molecule has 1 rings (SSSR count). The lowest BCUT2D eigenvalue weighted by Crippen LogP contribution is -2.47. The maximum Gasteiger partial charge on any atom is 0.240 e. The second-order valence-corrected chi connectivity index (χ2v) is 13.4. The van der Waals surface area contributed by atoms with Crippen LogP contribution in [0.3, 0.4) is 0 Å². The van der Waals surface area contributed by atoms with Crippen molar-refractivity contribution in [3.63, 3.8) is 0 Å². The fourth-order valence-corrected chi connectivity index (χ4v) is 3.82. The summed E-state index contributed by atoms with van der Waals surface area (Å²) in [5, 5.41) is 9.48. The Balaban J connectivity index is 2.74. The van der Waals surface area contributed by atoms with Crippen LogP contribution in [0, 0.1) is 0 Å². The first kappa shape index (κ1) is 19.3. The highest BCUT2D eigenvalue weighted by Gasteiger charge is 2.37. The van der Waals surface area contributed by atoms with E-state index in [2.05, 4.69) is 38.6 Å². The van der Waals surface area contributed by atoms with Gasteiger partial charge >= 0.3 is 0 Å². The Labute approximate surface area is 134 Å². The number of benzene rings is 1. The minimum Gasteiger partial charge on any atom is -0.415 e.